The van der Waals surface area contributed by atoms with Gasteiger partial charge in [0.05, 0.1) is 0 Å². The summed E-state index contributed by atoms with van der Waals surface area (Å²) in [5.41, 5.74) is 3.39. The van der Waals surface area contributed by atoms with Gasteiger partial charge >= 0.3 is 0 Å². The maximum absolute atomic E-state index is 3.90. The fourth-order valence-corrected chi connectivity index (χ4v) is 3.49. The van der Waals surface area contributed by atoms with E-state index >= 15 is 0 Å². The topological polar surface area (TPSA) is 12.0 Å². The molecule has 2 rings (SSSR count). The second-order valence-electron chi connectivity index (χ2n) is 7.43. The summed E-state index contributed by atoms with van der Waals surface area (Å²) in [6, 6.07) is 9.10. The first-order valence-electron chi connectivity index (χ1n) is 7.74. The zero-order chi connectivity index (χ0) is 13.9. The van der Waals surface area contributed by atoms with Gasteiger partial charge in [-0.1, -0.05) is 63.4 Å². The van der Waals surface area contributed by atoms with Gasteiger partial charge in [-0.2, -0.15) is 0 Å². The zero-order valence-corrected chi connectivity index (χ0v) is 13.1. The van der Waals surface area contributed by atoms with Gasteiger partial charge in [0, 0.05) is 5.54 Å². The predicted molar refractivity (Wildman–Crippen MR) is 83.4 cm³/mol. The Kier molecular flexibility index (Phi) is 4.35. The van der Waals surface area contributed by atoms with Gasteiger partial charge in [-0.05, 0) is 43.7 Å². The lowest BCUT2D eigenvalue weighted by molar-refractivity contribution is 0.202. The number of hydrogen-bond donors (Lipinski definition) is 1. The molecule has 1 aromatic carbocycles. The number of hydrogen-bond acceptors (Lipinski definition) is 1. The lowest BCUT2D eigenvalue weighted by Crippen LogP contribution is -2.44. The Balaban J connectivity index is 2.37. The van der Waals surface area contributed by atoms with E-state index in [4.69, 9.17) is 0 Å². The van der Waals surface area contributed by atoms with Crippen LogP contribution in [-0.4, -0.2) is 6.54 Å². The highest BCUT2D eigenvalue weighted by Crippen LogP contribution is 2.40. The van der Waals surface area contributed by atoms with Gasteiger partial charge in [0.25, 0.3) is 0 Å². The molecule has 1 unspecified atom stereocenters. The molecular weight excluding hydrogens is 230 g/mol. The molecule has 1 N–H and O–H groups in total. The van der Waals surface area contributed by atoms with Crippen molar-refractivity contribution in [2.75, 3.05) is 6.54 Å². The molecule has 0 radical (unpaired) electrons. The highest BCUT2D eigenvalue weighted by Gasteiger charge is 2.36. The van der Waals surface area contributed by atoms with Gasteiger partial charge in [0.1, 0.15) is 0 Å². The standard InChI is InChI=1S/C18H29N/c1-15-9-8-10-16(13-15)18(14-17(2,3)4)11-6-5-7-12-19-18/h8-10,13,19H,5-7,11-12,14H2,1-4H3. The van der Waals surface area contributed by atoms with E-state index in [1.54, 1.807) is 0 Å². The number of benzene rings is 1. The van der Waals surface area contributed by atoms with E-state index in [1.165, 1.54) is 43.2 Å². The van der Waals surface area contributed by atoms with Crippen molar-refractivity contribution in [3.63, 3.8) is 0 Å². The summed E-state index contributed by atoms with van der Waals surface area (Å²) in [7, 11) is 0. The third kappa shape index (κ3) is 3.82. The summed E-state index contributed by atoms with van der Waals surface area (Å²) in [6.07, 6.45) is 6.51. The number of aryl methyl sites for hydroxylation is 1. The Morgan fingerprint density at radius 2 is 1.95 bits per heavy atom. The maximum atomic E-state index is 3.90. The Hall–Kier alpha value is -0.820. The number of nitrogens with one attached hydrogen (secondary N) is 1. The average molecular weight is 259 g/mol. The van der Waals surface area contributed by atoms with Gasteiger partial charge < -0.3 is 5.32 Å². The lowest BCUT2D eigenvalue weighted by Gasteiger charge is -2.40. The first-order valence-corrected chi connectivity index (χ1v) is 7.74. The minimum atomic E-state index is 0.181. The molecule has 1 aliphatic heterocycles. The molecule has 0 aromatic heterocycles. The molecule has 1 fully saturated rings. The molecule has 1 aliphatic rings. The third-order valence-electron chi connectivity index (χ3n) is 4.15. The van der Waals surface area contributed by atoms with Crippen LogP contribution in [0, 0.1) is 12.3 Å². The van der Waals surface area contributed by atoms with Crippen molar-refractivity contribution >= 4 is 0 Å². The van der Waals surface area contributed by atoms with E-state index < -0.39 is 0 Å². The summed E-state index contributed by atoms with van der Waals surface area (Å²) >= 11 is 0. The molecule has 0 bridgehead atoms. The summed E-state index contributed by atoms with van der Waals surface area (Å²) in [4.78, 5) is 0. The first-order chi connectivity index (χ1) is 8.91. The average Bonchev–Trinajstić information content (AvgIpc) is 2.53. The predicted octanol–water partition coefficient (Wildman–Crippen LogP) is 4.79. The highest BCUT2D eigenvalue weighted by molar-refractivity contribution is 5.29. The van der Waals surface area contributed by atoms with Gasteiger partial charge in [0.2, 0.25) is 0 Å². The first kappa shape index (κ1) is 14.6. The van der Waals surface area contributed by atoms with E-state index in [1.807, 2.05) is 0 Å². The van der Waals surface area contributed by atoms with Gasteiger partial charge in [-0.15, -0.1) is 0 Å². The molecule has 0 amide bonds. The van der Waals surface area contributed by atoms with E-state index in [0.717, 1.165) is 6.54 Å². The minimum absolute atomic E-state index is 0.181. The van der Waals surface area contributed by atoms with Crippen LogP contribution in [0.4, 0.5) is 0 Å². The second kappa shape index (κ2) is 5.66. The van der Waals surface area contributed by atoms with Crippen molar-refractivity contribution in [3.05, 3.63) is 35.4 Å². The fourth-order valence-electron chi connectivity index (χ4n) is 3.49. The summed E-state index contributed by atoms with van der Waals surface area (Å²) < 4.78 is 0. The Morgan fingerprint density at radius 3 is 2.63 bits per heavy atom. The molecule has 19 heavy (non-hydrogen) atoms. The van der Waals surface area contributed by atoms with Crippen molar-refractivity contribution in [3.8, 4) is 0 Å². The SMILES string of the molecule is Cc1cccc(C2(CC(C)(C)C)CCCCCN2)c1. The van der Waals surface area contributed by atoms with E-state index in [0.29, 0.717) is 5.41 Å². The molecule has 0 saturated carbocycles. The van der Waals surface area contributed by atoms with Crippen molar-refractivity contribution in [1.82, 2.24) is 5.32 Å². The second-order valence-corrected chi connectivity index (χ2v) is 7.43. The normalized spacial score (nSPS) is 25.1. The zero-order valence-electron chi connectivity index (χ0n) is 13.1. The number of rotatable bonds is 2. The monoisotopic (exact) mass is 259 g/mol. The van der Waals surface area contributed by atoms with Crippen LogP contribution in [-0.2, 0) is 5.54 Å². The van der Waals surface area contributed by atoms with Crippen LogP contribution in [0.15, 0.2) is 24.3 Å². The molecule has 1 nitrogen and oxygen atoms in total. The van der Waals surface area contributed by atoms with E-state index in [-0.39, 0.29) is 5.54 Å². The molecule has 1 saturated heterocycles. The molecule has 0 spiro atoms. The van der Waals surface area contributed by atoms with Gasteiger partial charge in [0.15, 0.2) is 0 Å². The van der Waals surface area contributed by atoms with Crippen LogP contribution >= 0.6 is 0 Å². The van der Waals surface area contributed by atoms with Crippen molar-refractivity contribution in [2.45, 2.75) is 65.3 Å². The van der Waals surface area contributed by atoms with Crippen molar-refractivity contribution in [1.29, 1.82) is 0 Å². The van der Waals surface area contributed by atoms with Crippen molar-refractivity contribution in [2.24, 2.45) is 5.41 Å². The van der Waals surface area contributed by atoms with Gasteiger partial charge in [-0.3, -0.25) is 0 Å². The molecule has 1 aromatic rings. The Morgan fingerprint density at radius 1 is 1.16 bits per heavy atom. The van der Waals surface area contributed by atoms with Gasteiger partial charge in [-0.25, -0.2) is 0 Å². The van der Waals surface area contributed by atoms with Crippen LogP contribution in [0.2, 0.25) is 0 Å². The maximum Gasteiger partial charge on any atom is 0.0439 e. The summed E-state index contributed by atoms with van der Waals surface area (Å²) in [5.74, 6) is 0. The van der Waals surface area contributed by atoms with Crippen LogP contribution < -0.4 is 5.32 Å². The Bertz CT molecular complexity index is 406. The van der Waals surface area contributed by atoms with Crippen LogP contribution in [0.1, 0.15) is 64.0 Å². The van der Waals surface area contributed by atoms with Crippen LogP contribution in [0.5, 0.6) is 0 Å². The molecule has 106 valence electrons. The summed E-state index contributed by atoms with van der Waals surface area (Å²) in [5, 5.41) is 3.90. The van der Waals surface area contributed by atoms with E-state index in [9.17, 15) is 0 Å². The highest BCUT2D eigenvalue weighted by atomic mass is 15.0. The summed E-state index contributed by atoms with van der Waals surface area (Å²) in [6.45, 7) is 10.4. The molecule has 1 heterocycles. The Labute approximate surface area is 118 Å². The molecule has 1 atom stereocenters. The van der Waals surface area contributed by atoms with Crippen LogP contribution in [0.25, 0.3) is 0 Å². The minimum Gasteiger partial charge on any atom is -0.307 e. The lowest BCUT2D eigenvalue weighted by atomic mass is 9.73. The fraction of sp³-hybridized carbons (Fsp3) is 0.667. The molecule has 1 heteroatoms. The smallest absolute Gasteiger partial charge is 0.0439 e. The third-order valence-corrected chi connectivity index (χ3v) is 4.15. The van der Waals surface area contributed by atoms with Crippen molar-refractivity contribution < 1.29 is 0 Å². The van der Waals surface area contributed by atoms with E-state index in [2.05, 4.69) is 57.3 Å². The van der Waals surface area contributed by atoms with Crippen LogP contribution in [0.3, 0.4) is 0 Å². The molecular formula is C18H29N. The quantitative estimate of drug-likeness (QED) is 0.805. The largest absolute Gasteiger partial charge is 0.307 e. The molecule has 0 aliphatic carbocycles.